The molecule has 0 unspecified atom stereocenters. The number of carbonyl (C=O) groups is 1. The molecule has 2 N–H and O–H groups in total. The minimum atomic E-state index is -0.312. The number of anilines is 1. The van der Waals surface area contributed by atoms with Crippen LogP contribution in [0.15, 0.2) is 40.9 Å². The molecule has 0 saturated carbocycles. The van der Waals surface area contributed by atoms with Gasteiger partial charge in [0.15, 0.2) is 5.11 Å². The van der Waals surface area contributed by atoms with E-state index in [-0.39, 0.29) is 11.0 Å². The zero-order valence-electron chi connectivity index (χ0n) is 15.4. The van der Waals surface area contributed by atoms with Crippen LogP contribution in [0, 0.1) is 19.8 Å². The fourth-order valence-electron chi connectivity index (χ4n) is 2.26. The van der Waals surface area contributed by atoms with Gasteiger partial charge in [-0.3, -0.25) is 10.1 Å². The number of amides is 1. The first kappa shape index (κ1) is 20.4. The van der Waals surface area contributed by atoms with Crippen LogP contribution in [0.4, 0.5) is 5.69 Å². The van der Waals surface area contributed by atoms with E-state index in [2.05, 4.69) is 40.4 Å². The van der Waals surface area contributed by atoms with Gasteiger partial charge in [0.1, 0.15) is 5.75 Å². The molecule has 0 aliphatic carbocycles. The lowest BCUT2D eigenvalue weighted by Gasteiger charge is -2.15. The fourth-order valence-corrected chi connectivity index (χ4v) is 2.82. The Kier molecular flexibility index (Phi) is 7.17. The summed E-state index contributed by atoms with van der Waals surface area (Å²) in [6.07, 6.45) is 0. The third kappa shape index (κ3) is 5.81. The minimum Gasteiger partial charge on any atom is -0.492 e. The number of thiocarbonyl (C=S) groups is 1. The van der Waals surface area contributed by atoms with Gasteiger partial charge in [0.25, 0.3) is 5.91 Å². The summed E-state index contributed by atoms with van der Waals surface area (Å²) in [5.74, 6) is 0.586. The van der Waals surface area contributed by atoms with E-state index in [1.807, 2.05) is 38.1 Å². The molecule has 0 atom stereocenters. The number of halogens is 1. The van der Waals surface area contributed by atoms with E-state index < -0.39 is 0 Å². The summed E-state index contributed by atoms with van der Waals surface area (Å²) in [5, 5.41) is 6.06. The Balaban J connectivity index is 2.12. The Labute approximate surface area is 168 Å². The van der Waals surface area contributed by atoms with Gasteiger partial charge in [-0.1, -0.05) is 41.9 Å². The Hall–Kier alpha value is -1.92. The normalized spacial score (nSPS) is 10.5. The molecule has 0 aliphatic heterocycles. The molecule has 2 aromatic rings. The van der Waals surface area contributed by atoms with Crippen molar-refractivity contribution in [3.63, 3.8) is 0 Å². The van der Waals surface area contributed by atoms with Crippen LogP contribution in [-0.2, 0) is 0 Å². The molecule has 2 aromatic carbocycles. The number of ether oxygens (including phenoxy) is 1. The van der Waals surface area contributed by atoms with Crippen molar-refractivity contribution in [2.24, 2.45) is 5.92 Å². The van der Waals surface area contributed by atoms with Crippen LogP contribution in [0.3, 0.4) is 0 Å². The predicted octanol–water partition coefficient (Wildman–Crippen LogP) is 5.23. The highest BCUT2D eigenvalue weighted by Gasteiger charge is 2.15. The second kappa shape index (κ2) is 9.14. The van der Waals surface area contributed by atoms with Gasteiger partial charge in [-0.15, -0.1) is 0 Å². The maximum atomic E-state index is 12.7. The second-order valence-corrected chi connectivity index (χ2v) is 7.90. The summed E-state index contributed by atoms with van der Waals surface area (Å²) in [4.78, 5) is 12.7. The Bertz CT molecular complexity index is 821. The van der Waals surface area contributed by atoms with E-state index in [4.69, 9.17) is 17.0 Å². The minimum absolute atomic E-state index is 0.249. The number of hydrogen-bond acceptors (Lipinski definition) is 3. The van der Waals surface area contributed by atoms with Gasteiger partial charge in [0.2, 0.25) is 0 Å². The Morgan fingerprint density at radius 3 is 2.62 bits per heavy atom. The molecule has 0 saturated heterocycles. The molecule has 0 heterocycles. The van der Waals surface area contributed by atoms with Crippen LogP contribution in [0.2, 0.25) is 0 Å². The van der Waals surface area contributed by atoms with Crippen LogP contribution < -0.4 is 15.4 Å². The van der Waals surface area contributed by atoms with E-state index in [0.29, 0.717) is 23.8 Å². The lowest BCUT2D eigenvalue weighted by atomic mass is 10.1. The van der Waals surface area contributed by atoms with Gasteiger partial charge >= 0.3 is 0 Å². The van der Waals surface area contributed by atoms with E-state index >= 15 is 0 Å². The van der Waals surface area contributed by atoms with Gasteiger partial charge in [-0.05, 0) is 67.4 Å². The lowest BCUT2D eigenvalue weighted by molar-refractivity contribution is 0.0973. The summed E-state index contributed by atoms with van der Waals surface area (Å²) in [6.45, 7) is 8.64. The molecule has 0 fully saturated rings. The molecule has 26 heavy (non-hydrogen) atoms. The first-order valence-electron chi connectivity index (χ1n) is 8.38. The quantitative estimate of drug-likeness (QED) is 0.632. The van der Waals surface area contributed by atoms with Crippen LogP contribution in [-0.4, -0.2) is 17.6 Å². The van der Waals surface area contributed by atoms with E-state index in [0.717, 1.165) is 21.3 Å². The molecule has 0 spiro atoms. The number of rotatable bonds is 5. The van der Waals surface area contributed by atoms with Crippen molar-refractivity contribution in [1.29, 1.82) is 0 Å². The predicted molar refractivity (Wildman–Crippen MR) is 114 cm³/mol. The average molecular weight is 435 g/mol. The monoisotopic (exact) mass is 434 g/mol. The van der Waals surface area contributed by atoms with E-state index in [1.165, 1.54) is 0 Å². The van der Waals surface area contributed by atoms with Crippen molar-refractivity contribution < 1.29 is 9.53 Å². The van der Waals surface area contributed by atoms with E-state index in [9.17, 15) is 4.79 Å². The molecule has 0 aliphatic rings. The number of aryl methyl sites for hydroxylation is 2. The molecule has 0 radical (unpaired) electrons. The van der Waals surface area contributed by atoms with Crippen LogP contribution in [0.5, 0.6) is 5.75 Å². The molecule has 6 heteroatoms. The molecule has 138 valence electrons. The van der Waals surface area contributed by atoms with Crippen molar-refractivity contribution in [3.05, 3.63) is 57.6 Å². The van der Waals surface area contributed by atoms with Crippen LogP contribution >= 0.6 is 28.1 Å². The number of hydrogen-bond donors (Lipinski definition) is 2. The first-order chi connectivity index (χ1) is 12.3. The second-order valence-electron chi connectivity index (χ2n) is 6.57. The van der Waals surface area contributed by atoms with Gasteiger partial charge in [0.05, 0.1) is 12.2 Å². The van der Waals surface area contributed by atoms with E-state index in [1.54, 1.807) is 12.1 Å². The number of carbonyl (C=O) groups excluding carboxylic acids is 1. The third-order valence-electron chi connectivity index (χ3n) is 3.63. The summed E-state index contributed by atoms with van der Waals surface area (Å²) in [6, 6.07) is 11.4. The average Bonchev–Trinajstić information content (AvgIpc) is 2.56. The van der Waals surface area contributed by atoms with Gasteiger partial charge in [-0.2, -0.15) is 0 Å². The Morgan fingerprint density at radius 2 is 1.92 bits per heavy atom. The van der Waals surface area contributed by atoms with Crippen molar-refractivity contribution in [1.82, 2.24) is 5.32 Å². The van der Waals surface area contributed by atoms with Crippen molar-refractivity contribution in [2.45, 2.75) is 27.7 Å². The maximum absolute atomic E-state index is 12.7. The highest BCUT2D eigenvalue weighted by Crippen LogP contribution is 2.24. The molecule has 1 amide bonds. The summed E-state index contributed by atoms with van der Waals surface area (Å²) >= 11 is 8.70. The smallest absolute Gasteiger partial charge is 0.261 e. The molecule has 0 bridgehead atoms. The number of benzene rings is 2. The molecular formula is C20H23BrN2O2S. The summed E-state index contributed by atoms with van der Waals surface area (Å²) < 4.78 is 6.56. The standard InChI is InChI=1S/C20H23BrN2O2S/c1-12(2)11-25-18-8-7-15(21)10-16(18)19(24)23-20(26)22-17-9-13(3)5-6-14(17)4/h5-10,12H,11H2,1-4H3,(H2,22,23,24,26). The maximum Gasteiger partial charge on any atom is 0.261 e. The highest BCUT2D eigenvalue weighted by atomic mass is 79.9. The van der Waals surface area contributed by atoms with Gasteiger partial charge in [-0.25, -0.2) is 0 Å². The highest BCUT2D eigenvalue weighted by molar-refractivity contribution is 9.10. The van der Waals surface area contributed by atoms with Crippen LogP contribution in [0.1, 0.15) is 35.3 Å². The zero-order chi connectivity index (χ0) is 19.3. The zero-order valence-corrected chi connectivity index (χ0v) is 17.8. The third-order valence-corrected chi connectivity index (χ3v) is 4.32. The molecular weight excluding hydrogens is 412 g/mol. The molecule has 0 aromatic heterocycles. The fraction of sp³-hybridized carbons (Fsp3) is 0.300. The van der Waals surface area contributed by atoms with Gasteiger partial charge < -0.3 is 10.1 Å². The summed E-state index contributed by atoms with van der Waals surface area (Å²) in [5.41, 5.74) is 3.48. The van der Waals surface area contributed by atoms with Gasteiger partial charge in [0, 0.05) is 10.2 Å². The van der Waals surface area contributed by atoms with Crippen molar-refractivity contribution >= 4 is 44.9 Å². The van der Waals surface area contributed by atoms with Crippen molar-refractivity contribution in [3.8, 4) is 5.75 Å². The largest absolute Gasteiger partial charge is 0.492 e. The Morgan fingerprint density at radius 1 is 1.19 bits per heavy atom. The summed E-state index contributed by atoms with van der Waals surface area (Å²) in [7, 11) is 0. The molecule has 2 rings (SSSR count). The van der Waals surface area contributed by atoms with Crippen LogP contribution in [0.25, 0.3) is 0 Å². The van der Waals surface area contributed by atoms with Crippen molar-refractivity contribution in [2.75, 3.05) is 11.9 Å². The molecule has 4 nitrogen and oxygen atoms in total. The topological polar surface area (TPSA) is 50.4 Å². The SMILES string of the molecule is Cc1ccc(C)c(NC(=S)NC(=O)c2cc(Br)ccc2OCC(C)C)c1. The number of nitrogens with one attached hydrogen (secondary N) is 2. The lowest BCUT2D eigenvalue weighted by Crippen LogP contribution is -2.34. The first-order valence-corrected chi connectivity index (χ1v) is 9.58.